The first kappa shape index (κ1) is 18.2. The average Bonchev–Trinajstić information content (AvgIpc) is 3.11. The van der Waals surface area contributed by atoms with Gasteiger partial charge in [-0.2, -0.15) is 0 Å². The lowest BCUT2D eigenvalue weighted by atomic mass is 9.95. The highest BCUT2D eigenvalue weighted by atomic mass is 79.9. The first-order valence-electron chi connectivity index (χ1n) is 10.1. The van der Waals surface area contributed by atoms with Crippen molar-refractivity contribution in [2.45, 2.75) is 0 Å². The molecular formula is C28H16BrNO. The van der Waals surface area contributed by atoms with Crippen molar-refractivity contribution >= 4 is 32.5 Å². The molecule has 0 bridgehead atoms. The van der Waals surface area contributed by atoms with Crippen LogP contribution in [0.1, 0.15) is 15.9 Å². The van der Waals surface area contributed by atoms with Gasteiger partial charge < -0.3 is 0 Å². The van der Waals surface area contributed by atoms with E-state index in [0.717, 1.165) is 38.1 Å². The number of ketones is 1. The van der Waals surface area contributed by atoms with Crippen LogP contribution < -0.4 is 0 Å². The number of hydrogen-bond acceptors (Lipinski definition) is 2. The fourth-order valence-corrected chi connectivity index (χ4v) is 4.88. The van der Waals surface area contributed by atoms with E-state index in [2.05, 4.69) is 46.3 Å². The molecule has 0 radical (unpaired) electrons. The minimum atomic E-state index is 0.0360. The summed E-state index contributed by atoms with van der Waals surface area (Å²) in [4.78, 5) is 18.4. The average molecular weight is 462 g/mol. The Bertz CT molecular complexity index is 1520. The largest absolute Gasteiger partial charge is 0.288 e. The maximum Gasteiger partial charge on any atom is 0.196 e. The lowest BCUT2D eigenvalue weighted by Gasteiger charge is -2.13. The molecular weight excluding hydrogens is 446 g/mol. The highest BCUT2D eigenvalue weighted by molar-refractivity contribution is 9.10. The van der Waals surface area contributed by atoms with Crippen molar-refractivity contribution in [2.75, 3.05) is 0 Å². The van der Waals surface area contributed by atoms with E-state index in [1.165, 1.54) is 10.8 Å². The molecule has 146 valence electrons. The van der Waals surface area contributed by atoms with Crippen LogP contribution in [0, 0.1) is 0 Å². The summed E-state index contributed by atoms with van der Waals surface area (Å²) in [6, 6.07) is 32.5. The van der Waals surface area contributed by atoms with Crippen LogP contribution in [-0.4, -0.2) is 10.8 Å². The van der Waals surface area contributed by atoms with Crippen LogP contribution in [0.3, 0.4) is 0 Å². The van der Waals surface area contributed by atoms with Gasteiger partial charge in [0.2, 0.25) is 0 Å². The number of benzene rings is 4. The Morgan fingerprint density at radius 3 is 2.10 bits per heavy atom. The van der Waals surface area contributed by atoms with Crippen molar-refractivity contribution in [1.29, 1.82) is 0 Å². The van der Waals surface area contributed by atoms with Crippen LogP contribution >= 0.6 is 15.9 Å². The first-order chi connectivity index (χ1) is 15.2. The van der Waals surface area contributed by atoms with Gasteiger partial charge in [0.1, 0.15) is 0 Å². The minimum absolute atomic E-state index is 0.0360. The van der Waals surface area contributed by atoms with Crippen molar-refractivity contribution < 1.29 is 4.79 Å². The van der Waals surface area contributed by atoms with E-state index in [4.69, 9.17) is 4.98 Å². The summed E-state index contributed by atoms with van der Waals surface area (Å²) >= 11 is 3.68. The van der Waals surface area contributed by atoms with Crippen molar-refractivity contribution in [3.8, 4) is 33.6 Å². The quantitative estimate of drug-likeness (QED) is 0.266. The Morgan fingerprint density at radius 1 is 0.613 bits per heavy atom. The highest BCUT2D eigenvalue weighted by Gasteiger charge is 2.32. The Morgan fingerprint density at radius 2 is 1.29 bits per heavy atom. The standard InChI is InChI=1S/C28H16BrNO/c29-24-12-6-5-9-20(24)23-16-25(19-14-13-17-7-1-2-8-18(17)15-19)30-27-21-10-3-4-11-22(21)28(31)26(23)27/h1-16H. The van der Waals surface area contributed by atoms with Crippen LogP contribution in [-0.2, 0) is 0 Å². The molecule has 0 unspecified atom stereocenters. The molecule has 0 aliphatic heterocycles. The van der Waals surface area contributed by atoms with Gasteiger partial charge in [-0.1, -0.05) is 94.8 Å². The van der Waals surface area contributed by atoms with Gasteiger partial charge in [-0.05, 0) is 40.1 Å². The fraction of sp³-hybridized carbons (Fsp3) is 0. The molecule has 6 rings (SSSR count). The Hall–Kier alpha value is -3.56. The molecule has 5 aromatic rings. The molecule has 2 nitrogen and oxygen atoms in total. The predicted octanol–water partition coefficient (Wildman–Crippen LogP) is 7.54. The molecule has 0 spiro atoms. The summed E-state index contributed by atoms with van der Waals surface area (Å²) < 4.78 is 0.955. The van der Waals surface area contributed by atoms with Crippen molar-refractivity contribution in [3.63, 3.8) is 0 Å². The summed E-state index contributed by atoms with van der Waals surface area (Å²) in [5.41, 5.74) is 6.85. The molecule has 4 aromatic carbocycles. The van der Waals surface area contributed by atoms with E-state index in [-0.39, 0.29) is 5.78 Å². The van der Waals surface area contributed by atoms with Gasteiger partial charge >= 0.3 is 0 Å². The highest BCUT2D eigenvalue weighted by Crippen LogP contribution is 2.43. The van der Waals surface area contributed by atoms with Crippen LogP contribution in [0.15, 0.2) is 102 Å². The molecule has 0 saturated carbocycles. The predicted molar refractivity (Wildman–Crippen MR) is 129 cm³/mol. The normalized spacial score (nSPS) is 12.1. The van der Waals surface area contributed by atoms with Crippen molar-refractivity contribution in [3.05, 3.63) is 113 Å². The summed E-state index contributed by atoms with van der Waals surface area (Å²) in [5.74, 6) is 0.0360. The Labute approximate surface area is 188 Å². The SMILES string of the molecule is O=C1c2ccccc2-c2nc(-c3ccc4ccccc4c3)cc(-c3ccccc3Br)c21. The van der Waals surface area contributed by atoms with Gasteiger partial charge in [0.25, 0.3) is 0 Å². The molecule has 31 heavy (non-hydrogen) atoms. The molecule has 0 amide bonds. The fourth-order valence-electron chi connectivity index (χ4n) is 4.38. The molecule has 0 N–H and O–H groups in total. The second-order valence-electron chi connectivity index (χ2n) is 7.70. The van der Waals surface area contributed by atoms with E-state index < -0.39 is 0 Å². The lowest BCUT2D eigenvalue weighted by Crippen LogP contribution is -2.01. The Kier molecular flexibility index (Phi) is 4.12. The number of pyridine rings is 1. The number of rotatable bonds is 2. The minimum Gasteiger partial charge on any atom is -0.288 e. The Balaban J connectivity index is 1.67. The molecule has 3 heteroatoms. The van der Waals surface area contributed by atoms with Crippen LogP contribution in [0.25, 0.3) is 44.4 Å². The number of aromatic nitrogens is 1. The zero-order valence-electron chi connectivity index (χ0n) is 16.5. The van der Waals surface area contributed by atoms with E-state index in [0.29, 0.717) is 11.1 Å². The summed E-state index contributed by atoms with van der Waals surface area (Å²) in [5, 5.41) is 2.36. The van der Waals surface area contributed by atoms with Gasteiger partial charge in [-0.15, -0.1) is 0 Å². The van der Waals surface area contributed by atoms with Crippen LogP contribution in [0.5, 0.6) is 0 Å². The summed E-state index contributed by atoms with van der Waals surface area (Å²) in [6.45, 7) is 0. The van der Waals surface area contributed by atoms with E-state index in [1.54, 1.807) is 0 Å². The van der Waals surface area contributed by atoms with E-state index in [1.807, 2.05) is 66.7 Å². The molecule has 1 heterocycles. The third kappa shape index (κ3) is 2.85. The number of fused-ring (bicyclic) bond motifs is 4. The lowest BCUT2D eigenvalue weighted by molar-refractivity contribution is 0.104. The van der Waals surface area contributed by atoms with Crippen LogP contribution in [0.4, 0.5) is 0 Å². The van der Waals surface area contributed by atoms with E-state index >= 15 is 0 Å². The molecule has 1 aromatic heterocycles. The first-order valence-corrected chi connectivity index (χ1v) is 10.9. The maximum atomic E-state index is 13.4. The number of carbonyl (C=O) groups is 1. The number of carbonyl (C=O) groups excluding carboxylic acids is 1. The monoisotopic (exact) mass is 461 g/mol. The molecule has 0 atom stereocenters. The van der Waals surface area contributed by atoms with Gasteiger partial charge in [-0.25, -0.2) is 4.98 Å². The summed E-state index contributed by atoms with van der Waals surface area (Å²) in [7, 11) is 0. The topological polar surface area (TPSA) is 30.0 Å². The maximum absolute atomic E-state index is 13.4. The van der Waals surface area contributed by atoms with Crippen molar-refractivity contribution in [2.24, 2.45) is 0 Å². The van der Waals surface area contributed by atoms with Gasteiger partial charge in [0.15, 0.2) is 5.78 Å². The van der Waals surface area contributed by atoms with Gasteiger partial charge in [0.05, 0.1) is 17.0 Å². The van der Waals surface area contributed by atoms with Crippen molar-refractivity contribution in [1.82, 2.24) is 4.98 Å². The second-order valence-corrected chi connectivity index (χ2v) is 8.55. The third-order valence-corrected chi connectivity index (χ3v) is 6.57. The third-order valence-electron chi connectivity index (χ3n) is 5.88. The zero-order valence-corrected chi connectivity index (χ0v) is 18.1. The molecule has 1 aliphatic carbocycles. The zero-order chi connectivity index (χ0) is 20.9. The van der Waals surface area contributed by atoms with Gasteiger partial charge in [-0.3, -0.25) is 4.79 Å². The molecule has 0 saturated heterocycles. The number of nitrogens with zero attached hydrogens (tertiary/aromatic N) is 1. The van der Waals surface area contributed by atoms with Gasteiger partial charge in [0, 0.05) is 21.2 Å². The second kappa shape index (κ2) is 7.00. The number of halogens is 1. The molecule has 1 aliphatic rings. The number of hydrogen-bond donors (Lipinski definition) is 0. The smallest absolute Gasteiger partial charge is 0.196 e. The summed E-state index contributed by atoms with van der Waals surface area (Å²) in [6.07, 6.45) is 0. The van der Waals surface area contributed by atoms with Crippen LogP contribution in [0.2, 0.25) is 0 Å². The van der Waals surface area contributed by atoms with E-state index in [9.17, 15) is 4.79 Å². The molecule has 0 fully saturated rings.